The van der Waals surface area contributed by atoms with Crippen LogP contribution in [0.5, 0.6) is 0 Å². The van der Waals surface area contributed by atoms with Gasteiger partial charge in [0.1, 0.15) is 12.6 Å². The van der Waals surface area contributed by atoms with Crippen LogP contribution in [0.2, 0.25) is 0 Å². The first-order valence-electron chi connectivity index (χ1n) is 10.2. The molecule has 3 amide bonds. The molecule has 174 valence electrons. The van der Waals surface area contributed by atoms with Gasteiger partial charge in [-0.3, -0.25) is 19.2 Å². The molecule has 0 bridgehead atoms. The van der Waals surface area contributed by atoms with E-state index in [-0.39, 0.29) is 12.5 Å². The standard InChI is InChI=1S/C23H25N3O7/c1-26(32-2)20(27)12-24-22(30)19(11-21(28)29)25-23(31)33-13-18-16-9-5-3-7-14(16)15-8-4-6-10-17(15)18/h3-10,18-19H,11-13H2,1-2H3,(H,24,30)(H,25,31)(H,28,29). The zero-order chi connectivity index (χ0) is 24.0. The smallest absolute Gasteiger partial charge is 0.407 e. The van der Waals surface area contributed by atoms with Gasteiger partial charge in [-0.1, -0.05) is 48.5 Å². The minimum absolute atomic E-state index is 0.0123. The lowest BCUT2D eigenvalue weighted by atomic mass is 9.98. The summed E-state index contributed by atoms with van der Waals surface area (Å²) in [4.78, 5) is 52.4. The Morgan fingerprint density at radius 2 is 1.61 bits per heavy atom. The molecule has 0 radical (unpaired) electrons. The monoisotopic (exact) mass is 455 g/mol. The van der Waals surface area contributed by atoms with Gasteiger partial charge in [-0.25, -0.2) is 9.86 Å². The molecule has 0 spiro atoms. The maximum absolute atomic E-state index is 12.4. The molecule has 0 saturated heterocycles. The minimum Gasteiger partial charge on any atom is -0.481 e. The molecule has 33 heavy (non-hydrogen) atoms. The normalized spacial score (nSPS) is 12.8. The van der Waals surface area contributed by atoms with Crippen LogP contribution in [-0.4, -0.2) is 67.4 Å². The van der Waals surface area contributed by atoms with Crippen LogP contribution in [0.1, 0.15) is 23.5 Å². The summed E-state index contributed by atoms with van der Waals surface area (Å²) in [5.41, 5.74) is 4.17. The van der Waals surface area contributed by atoms with Crippen molar-refractivity contribution in [3.8, 4) is 11.1 Å². The number of hydrogen-bond donors (Lipinski definition) is 3. The van der Waals surface area contributed by atoms with Crippen molar-refractivity contribution in [3.63, 3.8) is 0 Å². The van der Waals surface area contributed by atoms with Crippen LogP contribution >= 0.6 is 0 Å². The summed E-state index contributed by atoms with van der Waals surface area (Å²) >= 11 is 0. The molecule has 3 N–H and O–H groups in total. The Morgan fingerprint density at radius 1 is 1.03 bits per heavy atom. The van der Waals surface area contributed by atoms with Crippen molar-refractivity contribution in [2.75, 3.05) is 27.3 Å². The first-order chi connectivity index (χ1) is 15.8. The van der Waals surface area contributed by atoms with Crippen LogP contribution in [0, 0.1) is 0 Å². The summed E-state index contributed by atoms with van der Waals surface area (Å²) in [7, 11) is 2.64. The van der Waals surface area contributed by atoms with Crippen LogP contribution in [0.25, 0.3) is 11.1 Å². The summed E-state index contributed by atoms with van der Waals surface area (Å²) in [6, 6.07) is 14.2. The second-order valence-corrected chi connectivity index (χ2v) is 7.41. The van der Waals surface area contributed by atoms with Crippen molar-refractivity contribution in [1.82, 2.24) is 15.7 Å². The van der Waals surface area contributed by atoms with Crippen molar-refractivity contribution in [2.24, 2.45) is 0 Å². The molecule has 0 fully saturated rings. The first-order valence-corrected chi connectivity index (χ1v) is 10.2. The van der Waals surface area contributed by atoms with Crippen molar-refractivity contribution < 1.29 is 33.9 Å². The number of rotatable bonds is 9. The molecular formula is C23H25N3O7. The molecule has 1 atom stereocenters. The molecule has 10 nitrogen and oxygen atoms in total. The summed E-state index contributed by atoms with van der Waals surface area (Å²) in [5.74, 6) is -2.86. The topological polar surface area (TPSA) is 134 Å². The second-order valence-electron chi connectivity index (χ2n) is 7.41. The number of carboxylic acids is 1. The van der Waals surface area contributed by atoms with E-state index in [2.05, 4.69) is 10.6 Å². The van der Waals surface area contributed by atoms with Gasteiger partial charge in [0.15, 0.2) is 0 Å². The molecule has 1 unspecified atom stereocenters. The number of likely N-dealkylation sites (N-methyl/N-ethyl adjacent to an activating group) is 1. The third-order valence-electron chi connectivity index (χ3n) is 5.37. The SMILES string of the molecule is CON(C)C(=O)CNC(=O)C(CC(=O)O)NC(=O)OCC1c2ccccc2-c2ccccc21. The van der Waals surface area contributed by atoms with E-state index in [1.807, 2.05) is 48.5 Å². The van der Waals surface area contributed by atoms with Crippen LogP contribution < -0.4 is 10.6 Å². The number of carbonyl (C=O) groups excluding carboxylic acids is 3. The highest BCUT2D eigenvalue weighted by Crippen LogP contribution is 2.44. The van der Waals surface area contributed by atoms with E-state index in [1.54, 1.807) is 0 Å². The lowest BCUT2D eigenvalue weighted by Crippen LogP contribution is -2.50. The third kappa shape index (κ3) is 5.66. The Labute approximate surface area is 190 Å². The van der Waals surface area contributed by atoms with Gasteiger partial charge in [0, 0.05) is 13.0 Å². The van der Waals surface area contributed by atoms with Crippen molar-refractivity contribution >= 4 is 23.9 Å². The highest BCUT2D eigenvalue weighted by molar-refractivity contribution is 5.91. The van der Waals surface area contributed by atoms with Gasteiger partial charge in [-0.15, -0.1) is 0 Å². The van der Waals surface area contributed by atoms with E-state index in [4.69, 9.17) is 14.7 Å². The number of ether oxygens (including phenoxy) is 1. The Morgan fingerprint density at radius 3 is 2.15 bits per heavy atom. The van der Waals surface area contributed by atoms with E-state index in [1.165, 1.54) is 14.2 Å². The number of hydrogen-bond acceptors (Lipinski definition) is 6. The van der Waals surface area contributed by atoms with E-state index in [0.29, 0.717) is 0 Å². The van der Waals surface area contributed by atoms with E-state index in [0.717, 1.165) is 27.3 Å². The third-order valence-corrected chi connectivity index (χ3v) is 5.37. The van der Waals surface area contributed by atoms with Crippen molar-refractivity contribution in [1.29, 1.82) is 0 Å². The number of carboxylic acid groups (broad SMARTS) is 1. The number of hydroxylamine groups is 2. The molecule has 1 aliphatic carbocycles. The number of aliphatic carboxylic acids is 1. The van der Waals surface area contributed by atoms with Crippen LogP contribution in [0.15, 0.2) is 48.5 Å². The predicted molar refractivity (Wildman–Crippen MR) is 117 cm³/mol. The number of alkyl carbamates (subject to hydrolysis) is 1. The Balaban J connectivity index is 1.62. The number of amides is 3. The fraction of sp³-hybridized carbons (Fsp3) is 0.304. The second kappa shape index (κ2) is 10.6. The Kier molecular flexibility index (Phi) is 7.62. The molecule has 0 aliphatic heterocycles. The lowest BCUT2D eigenvalue weighted by Gasteiger charge is -2.19. The van der Waals surface area contributed by atoms with Crippen LogP contribution in [0.4, 0.5) is 4.79 Å². The highest BCUT2D eigenvalue weighted by atomic mass is 16.7. The molecule has 0 saturated carbocycles. The van der Waals surface area contributed by atoms with E-state index < -0.39 is 42.9 Å². The predicted octanol–water partition coefficient (Wildman–Crippen LogP) is 1.50. The Hall–Kier alpha value is -3.92. The summed E-state index contributed by atoms with van der Waals surface area (Å²) in [6.07, 6.45) is -1.61. The number of benzene rings is 2. The first kappa shape index (κ1) is 23.7. The van der Waals surface area contributed by atoms with Gasteiger partial charge in [0.2, 0.25) is 5.91 Å². The van der Waals surface area contributed by atoms with Gasteiger partial charge in [-0.05, 0) is 22.3 Å². The maximum atomic E-state index is 12.4. The highest BCUT2D eigenvalue weighted by Gasteiger charge is 2.30. The molecule has 0 heterocycles. The van der Waals surface area contributed by atoms with Crippen LogP contribution in [-0.2, 0) is 24.0 Å². The zero-order valence-electron chi connectivity index (χ0n) is 18.2. The maximum Gasteiger partial charge on any atom is 0.407 e. The van der Waals surface area contributed by atoms with Crippen LogP contribution in [0.3, 0.4) is 0 Å². The minimum atomic E-state index is -1.42. The van der Waals surface area contributed by atoms with Crippen molar-refractivity contribution in [3.05, 3.63) is 59.7 Å². The molecule has 2 aromatic carbocycles. The number of nitrogens with one attached hydrogen (secondary N) is 2. The number of nitrogens with zero attached hydrogens (tertiary/aromatic N) is 1. The fourth-order valence-corrected chi connectivity index (χ4v) is 3.67. The molecule has 10 heteroatoms. The quantitative estimate of drug-likeness (QED) is 0.488. The van der Waals surface area contributed by atoms with Gasteiger partial charge >= 0.3 is 12.1 Å². The average molecular weight is 455 g/mol. The molecular weight excluding hydrogens is 430 g/mol. The van der Waals surface area contributed by atoms with Gasteiger partial charge < -0.3 is 20.5 Å². The fourth-order valence-electron chi connectivity index (χ4n) is 3.67. The summed E-state index contributed by atoms with van der Waals surface area (Å²) in [6.45, 7) is -0.413. The summed E-state index contributed by atoms with van der Waals surface area (Å²) in [5, 5.41) is 14.6. The van der Waals surface area contributed by atoms with Gasteiger partial charge in [-0.2, -0.15) is 0 Å². The molecule has 1 aliphatic rings. The lowest BCUT2D eigenvalue weighted by molar-refractivity contribution is -0.168. The Bertz CT molecular complexity index is 1010. The van der Waals surface area contributed by atoms with Crippen molar-refractivity contribution in [2.45, 2.75) is 18.4 Å². The van der Waals surface area contributed by atoms with Gasteiger partial charge in [0.05, 0.1) is 20.1 Å². The molecule has 2 aromatic rings. The molecule has 0 aromatic heterocycles. The number of fused-ring (bicyclic) bond motifs is 3. The van der Waals surface area contributed by atoms with E-state index >= 15 is 0 Å². The molecule has 3 rings (SSSR count). The summed E-state index contributed by atoms with van der Waals surface area (Å²) < 4.78 is 5.36. The average Bonchev–Trinajstić information content (AvgIpc) is 3.13. The number of carbonyl (C=O) groups is 4. The zero-order valence-corrected chi connectivity index (χ0v) is 18.2. The largest absolute Gasteiger partial charge is 0.481 e. The van der Waals surface area contributed by atoms with Gasteiger partial charge in [0.25, 0.3) is 5.91 Å². The van der Waals surface area contributed by atoms with E-state index in [9.17, 15) is 19.2 Å².